The summed E-state index contributed by atoms with van der Waals surface area (Å²) < 4.78 is 0. The van der Waals surface area contributed by atoms with Crippen LogP contribution in [0.15, 0.2) is 39.9 Å². The fraction of sp³-hybridized carbons (Fsp3) is 0.273. The second-order valence-electron chi connectivity index (χ2n) is 4.17. The fourth-order valence-corrected chi connectivity index (χ4v) is 3.01. The van der Waals surface area contributed by atoms with Crippen LogP contribution in [0.4, 0.5) is 0 Å². The quantitative estimate of drug-likeness (QED) is 0.714. The van der Waals surface area contributed by atoms with Crippen LogP contribution >= 0.6 is 11.8 Å². The third kappa shape index (κ3) is 1.86. The molecule has 0 bridgehead atoms. The van der Waals surface area contributed by atoms with Gasteiger partial charge in [-0.15, -0.1) is 11.8 Å². The summed E-state index contributed by atoms with van der Waals surface area (Å²) in [5.41, 5.74) is 0.920. The Hall–Kier alpha value is -2.29. The molecule has 2 unspecified atom stereocenters. The van der Waals surface area contributed by atoms with Gasteiger partial charge in [0.05, 0.1) is 5.71 Å². The van der Waals surface area contributed by atoms with Gasteiger partial charge in [-0.2, -0.15) is 0 Å². The summed E-state index contributed by atoms with van der Waals surface area (Å²) in [5, 5.41) is 0.873. The van der Waals surface area contributed by atoms with Crippen molar-refractivity contribution in [2.75, 3.05) is 5.75 Å². The molecular formula is C11H8N8S. The minimum Gasteiger partial charge on any atom is -0.256 e. The van der Waals surface area contributed by atoms with Gasteiger partial charge in [-0.25, -0.2) is 30.0 Å². The Labute approximate surface area is 118 Å². The highest BCUT2D eigenvalue weighted by molar-refractivity contribution is 8.14. The molecule has 20 heavy (non-hydrogen) atoms. The van der Waals surface area contributed by atoms with E-state index in [9.17, 15) is 0 Å². The molecule has 4 aliphatic rings. The minimum absolute atomic E-state index is 0.148. The van der Waals surface area contributed by atoms with E-state index in [0.717, 1.165) is 10.8 Å². The van der Waals surface area contributed by atoms with Crippen LogP contribution in [0.3, 0.4) is 0 Å². The van der Waals surface area contributed by atoms with Gasteiger partial charge in [-0.05, 0) is 0 Å². The number of hydrogen-bond donors (Lipinski definition) is 0. The molecule has 0 aromatic rings. The smallest absolute Gasteiger partial charge is 0.163 e. The van der Waals surface area contributed by atoms with Gasteiger partial charge in [0.1, 0.15) is 30.4 Å². The lowest BCUT2D eigenvalue weighted by atomic mass is 10.2. The van der Waals surface area contributed by atoms with Crippen molar-refractivity contribution in [3.63, 3.8) is 0 Å². The Morgan fingerprint density at radius 3 is 2.35 bits per heavy atom. The van der Waals surface area contributed by atoms with Crippen molar-refractivity contribution < 1.29 is 0 Å². The molecule has 0 fully saturated rings. The van der Waals surface area contributed by atoms with Gasteiger partial charge >= 0.3 is 0 Å². The molecule has 0 spiro atoms. The molecule has 0 saturated carbocycles. The van der Waals surface area contributed by atoms with Crippen molar-refractivity contribution in [2.24, 2.45) is 39.9 Å². The molecule has 4 rings (SSSR count). The van der Waals surface area contributed by atoms with Gasteiger partial charge in [0.25, 0.3) is 0 Å². The second kappa shape index (κ2) is 4.67. The van der Waals surface area contributed by atoms with Crippen LogP contribution in [0, 0.1) is 0 Å². The van der Waals surface area contributed by atoms with Crippen LogP contribution in [0.1, 0.15) is 0 Å². The maximum atomic E-state index is 4.29. The summed E-state index contributed by atoms with van der Waals surface area (Å²) in [4.78, 5) is 33.5. The van der Waals surface area contributed by atoms with Crippen molar-refractivity contribution in [3.05, 3.63) is 0 Å². The Bertz CT molecular complexity index is 633. The molecule has 2 atom stereocenters. The third-order valence-electron chi connectivity index (χ3n) is 3.01. The predicted molar refractivity (Wildman–Crippen MR) is 83.7 cm³/mol. The predicted octanol–water partition coefficient (Wildman–Crippen LogP) is 0.261. The summed E-state index contributed by atoms with van der Waals surface area (Å²) in [5.74, 6) is 2.05. The first kappa shape index (κ1) is 11.5. The lowest BCUT2D eigenvalue weighted by Gasteiger charge is -2.16. The summed E-state index contributed by atoms with van der Waals surface area (Å²) in [6.07, 6.45) is 6.08. The third-order valence-corrected chi connectivity index (χ3v) is 4.07. The number of hydrogen-bond acceptors (Lipinski definition) is 9. The summed E-state index contributed by atoms with van der Waals surface area (Å²) in [6, 6.07) is -0.311. The van der Waals surface area contributed by atoms with Gasteiger partial charge < -0.3 is 0 Å². The van der Waals surface area contributed by atoms with E-state index in [2.05, 4.69) is 39.9 Å². The van der Waals surface area contributed by atoms with Crippen molar-refractivity contribution >= 4 is 59.5 Å². The summed E-state index contributed by atoms with van der Waals surface area (Å²) in [7, 11) is 0. The molecule has 0 amide bonds. The summed E-state index contributed by atoms with van der Waals surface area (Å²) in [6.45, 7) is 0. The number of nitrogens with zero attached hydrogens (tertiary/aromatic N) is 8. The topological polar surface area (TPSA) is 98.9 Å². The van der Waals surface area contributed by atoms with Crippen LogP contribution in [0.5, 0.6) is 0 Å². The summed E-state index contributed by atoms with van der Waals surface area (Å²) >= 11 is 1.57. The van der Waals surface area contributed by atoms with Crippen molar-refractivity contribution in [3.8, 4) is 0 Å². The van der Waals surface area contributed by atoms with Crippen LogP contribution < -0.4 is 0 Å². The largest absolute Gasteiger partial charge is 0.256 e. The normalized spacial score (nSPS) is 28.8. The zero-order chi connectivity index (χ0) is 13.4. The van der Waals surface area contributed by atoms with Gasteiger partial charge in [0.2, 0.25) is 0 Å². The fourth-order valence-electron chi connectivity index (χ4n) is 2.04. The molecule has 4 heterocycles. The average Bonchev–Trinajstić information content (AvgIpc) is 3.13. The molecular weight excluding hydrogens is 276 g/mol. The maximum Gasteiger partial charge on any atom is 0.163 e. The molecule has 98 valence electrons. The van der Waals surface area contributed by atoms with E-state index < -0.39 is 0 Å². The van der Waals surface area contributed by atoms with Crippen LogP contribution in [0.2, 0.25) is 0 Å². The highest BCUT2D eigenvalue weighted by Gasteiger charge is 2.30. The lowest BCUT2D eigenvalue weighted by Crippen LogP contribution is -2.32. The molecule has 0 aliphatic carbocycles. The van der Waals surface area contributed by atoms with Gasteiger partial charge in [-0.3, -0.25) is 9.98 Å². The minimum atomic E-state index is -0.164. The number of thioether (sulfide) groups is 1. The Balaban J connectivity index is 1.49. The molecule has 4 aliphatic heterocycles. The standard InChI is InChI=1S/C11H8N8S/c1(6-7-9(15-2-12-6)16-3-13-7)20-11-8-10(17-4-14-8)18-5-19-11/h2-5,7-8H,1H2. The zero-order valence-electron chi connectivity index (χ0n) is 10.2. The molecule has 0 aromatic carbocycles. The number of rotatable bonds is 2. The van der Waals surface area contributed by atoms with E-state index in [1.54, 1.807) is 11.8 Å². The highest BCUT2D eigenvalue weighted by atomic mass is 32.2. The number of fused-ring (bicyclic) bond motifs is 2. The Morgan fingerprint density at radius 1 is 0.800 bits per heavy atom. The number of aliphatic imine (C=N–C) groups is 8. The van der Waals surface area contributed by atoms with Gasteiger partial charge in [0.15, 0.2) is 23.8 Å². The first-order valence-corrected chi connectivity index (χ1v) is 6.91. The molecule has 0 N–H and O–H groups in total. The molecule has 0 aromatic heterocycles. The number of amidine groups is 2. The van der Waals surface area contributed by atoms with E-state index in [1.807, 2.05) is 0 Å². The molecule has 0 saturated heterocycles. The van der Waals surface area contributed by atoms with E-state index in [-0.39, 0.29) is 12.1 Å². The van der Waals surface area contributed by atoms with E-state index >= 15 is 0 Å². The second-order valence-corrected chi connectivity index (χ2v) is 5.17. The van der Waals surface area contributed by atoms with Crippen LogP contribution in [-0.4, -0.2) is 65.6 Å². The van der Waals surface area contributed by atoms with E-state index in [1.165, 1.54) is 25.4 Å². The average molecular weight is 284 g/mol. The van der Waals surface area contributed by atoms with Crippen LogP contribution in [0.25, 0.3) is 0 Å². The molecule has 9 heteroatoms. The molecule has 8 nitrogen and oxygen atoms in total. The lowest BCUT2D eigenvalue weighted by molar-refractivity contribution is 1.13. The molecule has 0 radical (unpaired) electrons. The first-order chi connectivity index (χ1) is 9.92. The van der Waals surface area contributed by atoms with Gasteiger partial charge in [0, 0.05) is 5.75 Å². The van der Waals surface area contributed by atoms with Crippen LogP contribution in [-0.2, 0) is 0 Å². The Morgan fingerprint density at radius 2 is 1.50 bits per heavy atom. The van der Waals surface area contributed by atoms with Crippen molar-refractivity contribution in [1.29, 1.82) is 0 Å². The van der Waals surface area contributed by atoms with E-state index in [0.29, 0.717) is 17.4 Å². The Kier molecular flexibility index (Phi) is 2.69. The first-order valence-electron chi connectivity index (χ1n) is 5.92. The maximum absolute atomic E-state index is 4.29. The SMILES string of the molecule is C1=NC2=NC=NC2C(CSC2=NC=NC3=NC=NC32)=N1. The van der Waals surface area contributed by atoms with Crippen molar-refractivity contribution in [2.45, 2.75) is 12.1 Å². The zero-order valence-corrected chi connectivity index (χ0v) is 11.0. The van der Waals surface area contributed by atoms with E-state index in [4.69, 9.17) is 0 Å². The highest BCUT2D eigenvalue weighted by Crippen LogP contribution is 2.20. The monoisotopic (exact) mass is 284 g/mol. The van der Waals surface area contributed by atoms with Gasteiger partial charge in [-0.1, -0.05) is 0 Å². The van der Waals surface area contributed by atoms with Crippen molar-refractivity contribution in [1.82, 2.24) is 0 Å².